The van der Waals surface area contributed by atoms with Gasteiger partial charge in [-0.15, -0.1) is 0 Å². The van der Waals surface area contributed by atoms with Crippen LogP contribution in [0, 0.1) is 6.92 Å². The van der Waals surface area contributed by atoms with Gasteiger partial charge in [-0.25, -0.2) is 0 Å². The molecule has 0 bridgehead atoms. The lowest BCUT2D eigenvalue weighted by molar-refractivity contribution is -0.114. The largest absolute Gasteiger partial charge is 0.376 e. The van der Waals surface area contributed by atoms with Crippen molar-refractivity contribution in [3.63, 3.8) is 0 Å². The van der Waals surface area contributed by atoms with E-state index < -0.39 is 0 Å². The standard InChI is InChI=1S/C22H27N3O2/c1-17-9-11-19(12-10-17)24-21(26)16-23-20-8-6-7-18(15-20)22(27)25-13-4-2-3-5-14-25/h6-12,15,23H,2-5,13-14,16H2,1H3,(H,24,26). The lowest BCUT2D eigenvalue weighted by Gasteiger charge is -2.20. The van der Waals surface area contributed by atoms with Crippen LogP contribution in [0.15, 0.2) is 48.5 Å². The predicted octanol–water partition coefficient (Wildman–Crippen LogP) is 4.06. The van der Waals surface area contributed by atoms with E-state index in [0.29, 0.717) is 5.56 Å². The quantitative estimate of drug-likeness (QED) is 0.840. The molecule has 0 radical (unpaired) electrons. The van der Waals surface area contributed by atoms with E-state index in [0.717, 1.165) is 42.9 Å². The van der Waals surface area contributed by atoms with Crippen LogP contribution in [0.25, 0.3) is 0 Å². The fraction of sp³-hybridized carbons (Fsp3) is 0.364. The number of hydrogen-bond donors (Lipinski definition) is 2. The van der Waals surface area contributed by atoms with Crippen LogP contribution in [-0.2, 0) is 4.79 Å². The number of amides is 2. The van der Waals surface area contributed by atoms with Gasteiger partial charge in [-0.05, 0) is 50.1 Å². The average Bonchev–Trinajstić information content (AvgIpc) is 2.97. The molecule has 1 heterocycles. The van der Waals surface area contributed by atoms with Crippen LogP contribution < -0.4 is 10.6 Å². The molecule has 2 aromatic carbocycles. The summed E-state index contributed by atoms with van der Waals surface area (Å²) < 4.78 is 0. The molecule has 1 aliphatic heterocycles. The van der Waals surface area contributed by atoms with E-state index in [-0.39, 0.29) is 18.4 Å². The van der Waals surface area contributed by atoms with E-state index in [4.69, 9.17) is 0 Å². The van der Waals surface area contributed by atoms with Crippen molar-refractivity contribution >= 4 is 23.2 Å². The molecule has 0 atom stereocenters. The molecule has 0 saturated carbocycles. The van der Waals surface area contributed by atoms with Gasteiger partial charge >= 0.3 is 0 Å². The second-order valence-electron chi connectivity index (χ2n) is 7.05. The van der Waals surface area contributed by atoms with Crippen molar-refractivity contribution in [2.45, 2.75) is 32.6 Å². The number of nitrogens with one attached hydrogen (secondary N) is 2. The van der Waals surface area contributed by atoms with Crippen LogP contribution in [0.5, 0.6) is 0 Å². The maximum absolute atomic E-state index is 12.7. The van der Waals surface area contributed by atoms with E-state index in [1.165, 1.54) is 12.8 Å². The minimum Gasteiger partial charge on any atom is -0.376 e. The number of carbonyl (C=O) groups excluding carboxylic acids is 2. The number of aryl methyl sites for hydroxylation is 1. The third kappa shape index (κ3) is 5.58. The molecule has 0 aliphatic carbocycles. The monoisotopic (exact) mass is 365 g/mol. The van der Waals surface area contributed by atoms with Crippen LogP contribution in [0.2, 0.25) is 0 Å². The molecule has 3 rings (SSSR count). The second-order valence-corrected chi connectivity index (χ2v) is 7.05. The normalized spacial score (nSPS) is 14.3. The molecule has 0 unspecified atom stereocenters. The number of likely N-dealkylation sites (tertiary alicyclic amines) is 1. The lowest BCUT2D eigenvalue weighted by Crippen LogP contribution is -2.31. The Hall–Kier alpha value is -2.82. The molecular formula is C22H27N3O2. The Labute approximate surface area is 160 Å². The van der Waals surface area contributed by atoms with Gasteiger partial charge in [-0.2, -0.15) is 0 Å². The minimum absolute atomic E-state index is 0.0738. The molecule has 5 nitrogen and oxygen atoms in total. The zero-order valence-electron chi connectivity index (χ0n) is 15.8. The second kappa shape index (κ2) is 9.21. The molecule has 1 aliphatic rings. The summed E-state index contributed by atoms with van der Waals surface area (Å²) in [4.78, 5) is 26.8. The maximum atomic E-state index is 12.7. The molecule has 1 saturated heterocycles. The molecule has 1 fully saturated rings. The van der Waals surface area contributed by atoms with Crippen molar-refractivity contribution in [3.05, 3.63) is 59.7 Å². The van der Waals surface area contributed by atoms with E-state index in [1.54, 1.807) is 0 Å². The summed E-state index contributed by atoms with van der Waals surface area (Å²) in [7, 11) is 0. The lowest BCUT2D eigenvalue weighted by atomic mass is 10.1. The summed E-state index contributed by atoms with van der Waals surface area (Å²) in [6.45, 7) is 3.81. The third-order valence-corrected chi connectivity index (χ3v) is 4.79. The Morgan fingerprint density at radius 3 is 2.33 bits per heavy atom. The fourth-order valence-electron chi connectivity index (χ4n) is 3.24. The molecule has 2 N–H and O–H groups in total. The van der Waals surface area contributed by atoms with Gasteiger partial charge in [0.2, 0.25) is 5.91 Å². The zero-order valence-corrected chi connectivity index (χ0v) is 15.8. The molecule has 142 valence electrons. The van der Waals surface area contributed by atoms with Crippen molar-refractivity contribution in [2.75, 3.05) is 30.3 Å². The summed E-state index contributed by atoms with van der Waals surface area (Å²) in [5, 5.41) is 5.96. The number of carbonyl (C=O) groups is 2. The third-order valence-electron chi connectivity index (χ3n) is 4.79. The number of anilines is 2. The SMILES string of the molecule is Cc1ccc(NC(=O)CNc2cccc(C(=O)N3CCCCCC3)c2)cc1. The number of rotatable bonds is 5. The van der Waals surface area contributed by atoms with E-state index in [9.17, 15) is 9.59 Å². The van der Waals surface area contributed by atoms with Gasteiger partial charge < -0.3 is 15.5 Å². The van der Waals surface area contributed by atoms with Crippen molar-refractivity contribution in [2.24, 2.45) is 0 Å². The summed E-state index contributed by atoms with van der Waals surface area (Å²) >= 11 is 0. The first-order chi connectivity index (χ1) is 13.1. The first kappa shape index (κ1) is 19.0. The van der Waals surface area contributed by atoms with Crippen molar-refractivity contribution in [3.8, 4) is 0 Å². The number of nitrogens with zero attached hydrogens (tertiary/aromatic N) is 1. The molecule has 0 aromatic heterocycles. The van der Waals surface area contributed by atoms with Crippen LogP contribution in [-0.4, -0.2) is 36.3 Å². The minimum atomic E-state index is -0.122. The maximum Gasteiger partial charge on any atom is 0.253 e. The van der Waals surface area contributed by atoms with Crippen LogP contribution >= 0.6 is 0 Å². The van der Waals surface area contributed by atoms with Gasteiger partial charge in [0.1, 0.15) is 0 Å². The van der Waals surface area contributed by atoms with Gasteiger partial charge in [-0.3, -0.25) is 9.59 Å². The number of hydrogen-bond acceptors (Lipinski definition) is 3. The summed E-state index contributed by atoms with van der Waals surface area (Å²) in [6, 6.07) is 15.1. The highest BCUT2D eigenvalue weighted by Gasteiger charge is 2.17. The van der Waals surface area contributed by atoms with Crippen molar-refractivity contribution < 1.29 is 9.59 Å². The topological polar surface area (TPSA) is 61.4 Å². The van der Waals surface area contributed by atoms with E-state index in [1.807, 2.05) is 60.4 Å². The van der Waals surface area contributed by atoms with Crippen LogP contribution in [0.3, 0.4) is 0 Å². The van der Waals surface area contributed by atoms with Crippen LogP contribution in [0.1, 0.15) is 41.6 Å². The molecule has 0 spiro atoms. The Bertz CT molecular complexity index is 778. The number of benzene rings is 2. The molecule has 5 heteroatoms. The summed E-state index contributed by atoms with van der Waals surface area (Å²) in [5.74, 6) is -0.0484. The first-order valence-electron chi connectivity index (χ1n) is 9.61. The van der Waals surface area contributed by atoms with E-state index in [2.05, 4.69) is 10.6 Å². The molecule has 2 aromatic rings. The van der Waals surface area contributed by atoms with Crippen molar-refractivity contribution in [1.29, 1.82) is 0 Å². The average molecular weight is 365 g/mol. The smallest absolute Gasteiger partial charge is 0.253 e. The highest BCUT2D eigenvalue weighted by atomic mass is 16.2. The fourth-order valence-corrected chi connectivity index (χ4v) is 3.24. The van der Waals surface area contributed by atoms with Gasteiger partial charge in [-0.1, -0.05) is 36.6 Å². The first-order valence-corrected chi connectivity index (χ1v) is 9.61. The van der Waals surface area contributed by atoms with Gasteiger partial charge in [0.25, 0.3) is 5.91 Å². The highest BCUT2D eigenvalue weighted by Crippen LogP contribution is 2.16. The Balaban J connectivity index is 1.56. The van der Waals surface area contributed by atoms with Gasteiger partial charge in [0.05, 0.1) is 6.54 Å². The zero-order chi connectivity index (χ0) is 19.1. The van der Waals surface area contributed by atoms with Crippen LogP contribution in [0.4, 0.5) is 11.4 Å². The predicted molar refractivity (Wildman–Crippen MR) is 109 cm³/mol. The van der Waals surface area contributed by atoms with Gasteiger partial charge in [0.15, 0.2) is 0 Å². The summed E-state index contributed by atoms with van der Waals surface area (Å²) in [6.07, 6.45) is 4.54. The van der Waals surface area contributed by atoms with E-state index >= 15 is 0 Å². The Kier molecular flexibility index (Phi) is 6.47. The Morgan fingerprint density at radius 2 is 1.63 bits per heavy atom. The van der Waals surface area contributed by atoms with Gasteiger partial charge in [0, 0.05) is 30.0 Å². The molecular weight excluding hydrogens is 338 g/mol. The Morgan fingerprint density at radius 1 is 0.926 bits per heavy atom. The van der Waals surface area contributed by atoms with Crippen molar-refractivity contribution in [1.82, 2.24) is 4.90 Å². The molecule has 2 amide bonds. The summed E-state index contributed by atoms with van der Waals surface area (Å²) in [5.41, 5.74) is 3.37. The highest BCUT2D eigenvalue weighted by molar-refractivity contribution is 5.96. The molecule has 27 heavy (non-hydrogen) atoms.